The SMILES string of the molecule is CC1CCN(C(=O)[C@H](C)OC(=O)CCNS(=O)(=O)c2ccc(F)c(F)c2)CC1. The summed E-state index contributed by atoms with van der Waals surface area (Å²) in [6.07, 6.45) is 0.539. The van der Waals surface area contributed by atoms with Crippen LogP contribution in [0.4, 0.5) is 8.78 Å². The number of amides is 1. The quantitative estimate of drug-likeness (QED) is 0.682. The molecule has 0 unspecified atom stereocenters. The van der Waals surface area contributed by atoms with Crippen molar-refractivity contribution in [3.8, 4) is 0 Å². The van der Waals surface area contributed by atoms with Crippen LogP contribution in [0.2, 0.25) is 0 Å². The monoisotopic (exact) mass is 418 g/mol. The minimum absolute atomic E-state index is 0.275. The number of hydrogen-bond donors (Lipinski definition) is 1. The molecule has 0 spiro atoms. The van der Waals surface area contributed by atoms with Crippen molar-refractivity contribution in [3.63, 3.8) is 0 Å². The van der Waals surface area contributed by atoms with E-state index in [1.165, 1.54) is 6.92 Å². The molecular weight excluding hydrogens is 394 g/mol. The molecule has 0 bridgehead atoms. The Labute approximate surface area is 163 Å². The highest BCUT2D eigenvalue weighted by molar-refractivity contribution is 7.89. The van der Waals surface area contributed by atoms with Gasteiger partial charge in [-0.3, -0.25) is 9.59 Å². The molecule has 1 aromatic rings. The highest BCUT2D eigenvalue weighted by Gasteiger charge is 2.26. The van der Waals surface area contributed by atoms with Crippen LogP contribution < -0.4 is 4.72 Å². The van der Waals surface area contributed by atoms with Crippen molar-refractivity contribution in [1.82, 2.24) is 9.62 Å². The van der Waals surface area contributed by atoms with Gasteiger partial charge in [-0.2, -0.15) is 0 Å². The van der Waals surface area contributed by atoms with Crippen LogP contribution in [0.1, 0.15) is 33.1 Å². The molecule has 0 saturated carbocycles. The first-order valence-electron chi connectivity index (χ1n) is 9.03. The molecule has 2 rings (SSSR count). The fourth-order valence-electron chi connectivity index (χ4n) is 2.81. The number of sulfonamides is 1. The van der Waals surface area contributed by atoms with E-state index in [1.54, 1.807) is 4.90 Å². The van der Waals surface area contributed by atoms with Crippen LogP contribution in [0, 0.1) is 17.6 Å². The van der Waals surface area contributed by atoms with E-state index in [0.29, 0.717) is 31.1 Å². The molecule has 1 aliphatic heterocycles. The number of rotatable bonds is 7. The van der Waals surface area contributed by atoms with Gasteiger partial charge in [0, 0.05) is 19.6 Å². The zero-order valence-corrected chi connectivity index (χ0v) is 16.6. The fraction of sp³-hybridized carbons (Fsp3) is 0.556. The number of nitrogens with zero attached hydrogens (tertiary/aromatic N) is 1. The third-order valence-electron chi connectivity index (χ3n) is 4.57. The lowest BCUT2D eigenvalue weighted by Crippen LogP contribution is -2.44. The van der Waals surface area contributed by atoms with Crippen LogP contribution in [-0.2, 0) is 24.3 Å². The Morgan fingerprint density at radius 3 is 2.50 bits per heavy atom. The second-order valence-electron chi connectivity index (χ2n) is 6.86. The van der Waals surface area contributed by atoms with E-state index in [2.05, 4.69) is 11.6 Å². The second kappa shape index (κ2) is 9.42. The van der Waals surface area contributed by atoms with Crippen LogP contribution in [0.3, 0.4) is 0 Å². The molecule has 0 aromatic heterocycles. The molecule has 7 nitrogen and oxygen atoms in total. The minimum atomic E-state index is -4.10. The van der Waals surface area contributed by atoms with Crippen molar-refractivity contribution >= 4 is 21.9 Å². The fourth-order valence-corrected chi connectivity index (χ4v) is 3.85. The van der Waals surface area contributed by atoms with Gasteiger partial charge in [-0.05, 0) is 43.9 Å². The molecule has 1 saturated heterocycles. The van der Waals surface area contributed by atoms with E-state index < -0.39 is 38.6 Å². The van der Waals surface area contributed by atoms with Gasteiger partial charge in [-0.1, -0.05) is 6.92 Å². The topological polar surface area (TPSA) is 92.8 Å². The molecular formula is C18H24F2N2O5S. The van der Waals surface area contributed by atoms with E-state index in [0.717, 1.165) is 18.9 Å². The van der Waals surface area contributed by atoms with Gasteiger partial charge in [0.05, 0.1) is 11.3 Å². The molecule has 156 valence electrons. The predicted molar refractivity (Wildman–Crippen MR) is 96.7 cm³/mol. The van der Waals surface area contributed by atoms with E-state index in [4.69, 9.17) is 4.74 Å². The lowest BCUT2D eigenvalue weighted by molar-refractivity contribution is -0.159. The maximum atomic E-state index is 13.2. The molecule has 0 aliphatic carbocycles. The summed E-state index contributed by atoms with van der Waals surface area (Å²) >= 11 is 0. The lowest BCUT2D eigenvalue weighted by Gasteiger charge is -2.31. The molecule has 1 aliphatic rings. The van der Waals surface area contributed by atoms with Crippen molar-refractivity contribution in [2.75, 3.05) is 19.6 Å². The number of carbonyl (C=O) groups excluding carboxylic acids is 2. The number of hydrogen-bond acceptors (Lipinski definition) is 5. The first-order valence-corrected chi connectivity index (χ1v) is 10.5. The molecule has 1 N–H and O–H groups in total. The third-order valence-corrected chi connectivity index (χ3v) is 6.03. The van der Waals surface area contributed by atoms with Gasteiger partial charge in [-0.15, -0.1) is 0 Å². The summed E-state index contributed by atoms with van der Waals surface area (Å²) in [5, 5.41) is 0. The van der Waals surface area contributed by atoms with Crippen LogP contribution in [0.5, 0.6) is 0 Å². The van der Waals surface area contributed by atoms with Crippen LogP contribution in [-0.4, -0.2) is 50.9 Å². The highest BCUT2D eigenvalue weighted by Crippen LogP contribution is 2.17. The number of esters is 1. The minimum Gasteiger partial charge on any atom is -0.452 e. The Morgan fingerprint density at radius 1 is 1.25 bits per heavy atom. The summed E-state index contributed by atoms with van der Waals surface area (Å²) in [4.78, 5) is 25.4. The van der Waals surface area contributed by atoms with Crippen LogP contribution in [0.25, 0.3) is 0 Å². The van der Waals surface area contributed by atoms with Gasteiger partial charge in [0.1, 0.15) is 0 Å². The average molecular weight is 418 g/mol. The zero-order chi connectivity index (χ0) is 20.9. The molecule has 10 heteroatoms. The molecule has 28 heavy (non-hydrogen) atoms. The molecule has 1 aromatic carbocycles. The zero-order valence-electron chi connectivity index (χ0n) is 15.8. The molecule has 0 radical (unpaired) electrons. The number of halogens is 2. The second-order valence-corrected chi connectivity index (χ2v) is 8.63. The molecule has 1 fully saturated rings. The summed E-state index contributed by atoms with van der Waals surface area (Å²) in [6, 6.07) is 2.17. The summed E-state index contributed by atoms with van der Waals surface area (Å²) in [7, 11) is -4.10. The Kier molecular flexibility index (Phi) is 7.48. The number of carbonyl (C=O) groups is 2. The summed E-state index contributed by atoms with van der Waals surface area (Å²) in [5.74, 6) is -2.91. The van der Waals surface area contributed by atoms with E-state index in [1.807, 2.05) is 0 Å². The van der Waals surface area contributed by atoms with Gasteiger partial charge in [0.15, 0.2) is 17.7 Å². The van der Waals surface area contributed by atoms with Crippen LogP contribution in [0.15, 0.2) is 23.1 Å². The predicted octanol–water partition coefficient (Wildman–Crippen LogP) is 1.82. The van der Waals surface area contributed by atoms with Crippen molar-refractivity contribution < 1.29 is 31.5 Å². The first-order chi connectivity index (χ1) is 13.1. The Hall–Kier alpha value is -2.07. The number of piperidine rings is 1. The normalized spacial score (nSPS) is 16.6. The van der Waals surface area contributed by atoms with Crippen molar-refractivity contribution in [2.45, 2.75) is 44.1 Å². The summed E-state index contributed by atoms with van der Waals surface area (Å²) in [6.45, 7) is 4.53. The average Bonchev–Trinajstić information content (AvgIpc) is 2.63. The number of ether oxygens (including phenoxy) is 1. The van der Waals surface area contributed by atoms with Gasteiger partial charge >= 0.3 is 5.97 Å². The van der Waals surface area contributed by atoms with Gasteiger partial charge in [0.2, 0.25) is 10.0 Å². The maximum Gasteiger partial charge on any atom is 0.307 e. The van der Waals surface area contributed by atoms with Crippen molar-refractivity contribution in [2.24, 2.45) is 5.92 Å². The van der Waals surface area contributed by atoms with E-state index >= 15 is 0 Å². The van der Waals surface area contributed by atoms with Gasteiger partial charge in [-0.25, -0.2) is 21.9 Å². The number of benzene rings is 1. The molecule has 1 atom stereocenters. The van der Waals surface area contributed by atoms with Gasteiger partial charge in [0.25, 0.3) is 5.91 Å². The Balaban J connectivity index is 1.80. The number of nitrogens with one attached hydrogen (secondary N) is 1. The smallest absolute Gasteiger partial charge is 0.307 e. The van der Waals surface area contributed by atoms with Crippen molar-refractivity contribution in [3.05, 3.63) is 29.8 Å². The molecule has 1 amide bonds. The van der Waals surface area contributed by atoms with E-state index in [-0.39, 0.29) is 18.9 Å². The maximum absolute atomic E-state index is 13.2. The largest absolute Gasteiger partial charge is 0.452 e. The third kappa shape index (κ3) is 5.96. The highest BCUT2D eigenvalue weighted by atomic mass is 32.2. The van der Waals surface area contributed by atoms with E-state index in [9.17, 15) is 26.8 Å². The molecule has 1 heterocycles. The first kappa shape index (κ1) is 22.2. The Morgan fingerprint density at radius 2 is 1.89 bits per heavy atom. The lowest BCUT2D eigenvalue weighted by atomic mass is 9.99. The summed E-state index contributed by atoms with van der Waals surface area (Å²) < 4.78 is 57.3. The van der Waals surface area contributed by atoms with Crippen LogP contribution >= 0.6 is 0 Å². The van der Waals surface area contributed by atoms with Gasteiger partial charge < -0.3 is 9.64 Å². The summed E-state index contributed by atoms with van der Waals surface area (Å²) in [5.41, 5.74) is 0. The van der Waals surface area contributed by atoms with Crippen molar-refractivity contribution in [1.29, 1.82) is 0 Å². The Bertz CT molecular complexity index is 823. The standard InChI is InChI=1S/C18H24F2N2O5S/c1-12-6-9-22(10-7-12)18(24)13(2)27-17(23)5-8-21-28(25,26)14-3-4-15(19)16(20)11-14/h3-4,11-13,21H,5-10H2,1-2H3/t13-/m0/s1. The number of likely N-dealkylation sites (tertiary alicyclic amines) is 1.